The molecule has 0 atom stereocenters. The maximum atomic E-state index is 12.0. The van der Waals surface area contributed by atoms with Crippen molar-refractivity contribution in [3.63, 3.8) is 0 Å². The van der Waals surface area contributed by atoms with Gasteiger partial charge in [-0.15, -0.1) is 0 Å². The Kier molecular flexibility index (Phi) is 5.32. The average Bonchev–Trinajstić information content (AvgIpc) is 2.23. The highest BCUT2D eigenvalue weighted by Crippen LogP contribution is 2.27. The van der Waals surface area contributed by atoms with Crippen LogP contribution in [0.15, 0.2) is 22.7 Å². The number of carbonyl (C=O) groups is 1. The maximum absolute atomic E-state index is 12.0. The van der Waals surface area contributed by atoms with Gasteiger partial charge in [0.2, 0.25) is 0 Å². The molecule has 0 unspecified atom stereocenters. The fourth-order valence-electron chi connectivity index (χ4n) is 1.00. The van der Waals surface area contributed by atoms with E-state index < -0.39 is 0 Å². The van der Waals surface area contributed by atoms with Crippen molar-refractivity contribution in [3.05, 3.63) is 33.3 Å². The molecule has 0 spiro atoms. The van der Waals surface area contributed by atoms with E-state index in [0.29, 0.717) is 10.6 Å². The topological polar surface area (TPSA) is 20.3 Å². The Morgan fingerprint density at radius 1 is 1.40 bits per heavy atom. The van der Waals surface area contributed by atoms with Crippen LogP contribution in [0.3, 0.4) is 0 Å². The highest BCUT2D eigenvalue weighted by molar-refractivity contribution is 9.10. The molecule has 0 aliphatic rings. The molecule has 1 rings (SSSR count). The van der Waals surface area contributed by atoms with Gasteiger partial charge >= 0.3 is 0 Å². The molecule has 1 amide bonds. The molecule has 0 N–H and O–H groups in total. The second-order valence-electron chi connectivity index (χ2n) is 2.55. The molecule has 0 aromatic heterocycles. The van der Waals surface area contributed by atoms with Crippen LogP contribution in [0, 0.1) is 0 Å². The van der Waals surface area contributed by atoms with Crippen LogP contribution in [0.1, 0.15) is 10.4 Å². The first-order valence-corrected chi connectivity index (χ1v) is 7.51. The highest BCUT2D eigenvalue weighted by Gasteiger charge is 2.17. The normalized spacial score (nSPS) is 10.1. The van der Waals surface area contributed by atoms with Gasteiger partial charge in [-0.3, -0.25) is 4.79 Å². The van der Waals surface area contributed by atoms with Crippen molar-refractivity contribution in [1.29, 1.82) is 0 Å². The zero-order valence-corrected chi connectivity index (χ0v) is 12.1. The molecule has 1 aromatic rings. The van der Waals surface area contributed by atoms with E-state index >= 15 is 0 Å². The Morgan fingerprint density at radius 2 is 2.00 bits per heavy atom. The second-order valence-corrected chi connectivity index (χ2v) is 5.53. The van der Waals surface area contributed by atoms with Crippen LogP contribution in [-0.2, 0) is 0 Å². The number of hydrogen-bond acceptors (Lipinski definition) is 3. The predicted octanol–water partition coefficient (Wildman–Crippen LogP) is 4.10. The molecule has 0 saturated heterocycles. The summed E-state index contributed by atoms with van der Waals surface area (Å²) in [6, 6.07) is 5.17. The van der Waals surface area contributed by atoms with Gasteiger partial charge in [-0.2, -0.15) is 0 Å². The van der Waals surface area contributed by atoms with E-state index in [-0.39, 0.29) is 5.91 Å². The first-order chi connectivity index (χ1) is 7.10. The van der Waals surface area contributed by atoms with Crippen LogP contribution >= 0.6 is 51.4 Å². The summed E-state index contributed by atoms with van der Waals surface area (Å²) < 4.78 is 2.35. The van der Waals surface area contributed by atoms with Crippen LogP contribution in [0.25, 0.3) is 0 Å². The van der Waals surface area contributed by atoms with E-state index in [0.717, 1.165) is 4.47 Å². The van der Waals surface area contributed by atoms with Gasteiger partial charge < -0.3 is 0 Å². The quantitative estimate of drug-likeness (QED) is 0.780. The van der Waals surface area contributed by atoms with E-state index in [1.165, 1.54) is 23.9 Å². The fraction of sp³-hybridized carbons (Fsp3) is 0.222. The zero-order valence-electron chi connectivity index (χ0n) is 8.16. The SMILES string of the molecule is CSN(SC)C(=O)c1cc(Cl)ccc1Br. The minimum Gasteiger partial charge on any atom is -0.267 e. The van der Waals surface area contributed by atoms with E-state index in [2.05, 4.69) is 15.9 Å². The molecule has 0 fully saturated rings. The van der Waals surface area contributed by atoms with Crippen LogP contribution < -0.4 is 0 Å². The van der Waals surface area contributed by atoms with Gasteiger partial charge in [0.05, 0.1) is 5.56 Å². The third-order valence-electron chi connectivity index (χ3n) is 1.66. The smallest absolute Gasteiger partial charge is 0.267 e. The number of rotatable bonds is 3. The number of benzene rings is 1. The number of hydrogen-bond donors (Lipinski definition) is 0. The van der Waals surface area contributed by atoms with Crippen molar-refractivity contribution >= 4 is 57.3 Å². The van der Waals surface area contributed by atoms with Crippen molar-refractivity contribution < 1.29 is 4.79 Å². The molecule has 2 nitrogen and oxygen atoms in total. The Labute approximate surface area is 111 Å². The van der Waals surface area contributed by atoms with Crippen molar-refractivity contribution in [2.45, 2.75) is 0 Å². The molecule has 0 radical (unpaired) electrons. The van der Waals surface area contributed by atoms with Crippen LogP contribution in [0.4, 0.5) is 0 Å². The Balaban J connectivity index is 3.04. The largest absolute Gasteiger partial charge is 0.275 e. The molecular formula is C9H9BrClNOS2. The number of halogens is 2. The van der Waals surface area contributed by atoms with Crippen molar-refractivity contribution in [2.75, 3.05) is 12.5 Å². The van der Waals surface area contributed by atoms with Crippen LogP contribution in [-0.4, -0.2) is 22.1 Å². The summed E-state index contributed by atoms with van der Waals surface area (Å²) in [5, 5.41) is 0.559. The molecular weight excluding hydrogens is 318 g/mol. The molecule has 15 heavy (non-hydrogen) atoms. The third kappa shape index (κ3) is 3.31. The minimum absolute atomic E-state index is 0.0654. The molecule has 1 aromatic carbocycles. The van der Waals surface area contributed by atoms with E-state index in [1.54, 1.807) is 21.9 Å². The van der Waals surface area contributed by atoms with Gasteiger partial charge in [-0.25, -0.2) is 3.71 Å². The molecule has 0 heterocycles. The van der Waals surface area contributed by atoms with Crippen molar-refractivity contribution in [1.82, 2.24) is 3.71 Å². The Morgan fingerprint density at radius 3 is 2.53 bits per heavy atom. The first-order valence-electron chi connectivity index (χ1n) is 3.98. The lowest BCUT2D eigenvalue weighted by molar-refractivity contribution is 0.0933. The molecule has 0 aliphatic heterocycles. The van der Waals surface area contributed by atoms with Gasteiger partial charge in [0.1, 0.15) is 0 Å². The van der Waals surface area contributed by atoms with Gasteiger partial charge in [0.15, 0.2) is 0 Å². The van der Waals surface area contributed by atoms with E-state index in [1.807, 2.05) is 12.5 Å². The molecule has 0 aliphatic carbocycles. The van der Waals surface area contributed by atoms with Gasteiger partial charge in [0, 0.05) is 22.0 Å². The number of nitrogens with zero attached hydrogens (tertiary/aromatic N) is 1. The van der Waals surface area contributed by atoms with Gasteiger partial charge in [0.25, 0.3) is 5.91 Å². The molecule has 82 valence electrons. The lowest BCUT2D eigenvalue weighted by Crippen LogP contribution is -2.17. The molecule has 0 bridgehead atoms. The van der Waals surface area contributed by atoms with E-state index in [9.17, 15) is 4.79 Å². The summed E-state index contributed by atoms with van der Waals surface area (Å²) in [5.74, 6) is -0.0654. The summed E-state index contributed by atoms with van der Waals surface area (Å²) in [5.41, 5.74) is 0.575. The maximum Gasteiger partial charge on any atom is 0.275 e. The van der Waals surface area contributed by atoms with Crippen molar-refractivity contribution in [2.24, 2.45) is 0 Å². The Hall–Kier alpha value is 0.160. The molecule has 0 saturated carbocycles. The minimum atomic E-state index is -0.0654. The van der Waals surface area contributed by atoms with Gasteiger partial charge in [-0.1, -0.05) is 11.6 Å². The van der Waals surface area contributed by atoms with Gasteiger partial charge in [-0.05, 0) is 58.0 Å². The van der Waals surface area contributed by atoms with Crippen LogP contribution in [0.2, 0.25) is 5.02 Å². The summed E-state index contributed by atoms with van der Waals surface area (Å²) in [6.45, 7) is 0. The number of amides is 1. The van der Waals surface area contributed by atoms with E-state index in [4.69, 9.17) is 11.6 Å². The summed E-state index contributed by atoms with van der Waals surface area (Å²) in [6.07, 6.45) is 3.71. The Bertz CT molecular complexity index is 371. The number of carbonyl (C=O) groups excluding carboxylic acids is 1. The predicted molar refractivity (Wildman–Crippen MR) is 72.4 cm³/mol. The summed E-state index contributed by atoms with van der Waals surface area (Å²) in [7, 11) is 0. The van der Waals surface area contributed by atoms with Crippen molar-refractivity contribution in [3.8, 4) is 0 Å². The second kappa shape index (κ2) is 6.03. The van der Waals surface area contributed by atoms with Crippen LogP contribution in [0.5, 0.6) is 0 Å². The summed E-state index contributed by atoms with van der Waals surface area (Å²) >= 11 is 11.9. The zero-order chi connectivity index (χ0) is 11.4. The monoisotopic (exact) mass is 325 g/mol. The fourth-order valence-corrected chi connectivity index (χ4v) is 2.71. The lowest BCUT2D eigenvalue weighted by atomic mass is 10.2. The third-order valence-corrected chi connectivity index (χ3v) is 4.47. The lowest BCUT2D eigenvalue weighted by Gasteiger charge is -2.16. The highest BCUT2D eigenvalue weighted by atomic mass is 79.9. The summed E-state index contributed by atoms with van der Waals surface area (Å²) in [4.78, 5) is 12.0. The molecule has 6 heteroatoms. The average molecular weight is 327 g/mol. The standard InChI is InChI=1S/C9H9BrClNOS2/c1-14-12(15-2)9(13)7-5-6(11)3-4-8(7)10/h3-5H,1-2H3. The first kappa shape index (κ1) is 13.2.